The lowest BCUT2D eigenvalue weighted by molar-refractivity contribution is -0.115. The molecule has 0 fully saturated rings. The molecule has 3 rings (SSSR count). The van der Waals surface area contributed by atoms with E-state index in [9.17, 15) is 4.79 Å². The summed E-state index contributed by atoms with van der Waals surface area (Å²) in [6, 6.07) is 11.8. The van der Waals surface area contributed by atoms with Gasteiger partial charge in [0.15, 0.2) is 11.5 Å². The van der Waals surface area contributed by atoms with E-state index in [1.165, 1.54) is 11.1 Å². The molecule has 0 atom stereocenters. The van der Waals surface area contributed by atoms with Gasteiger partial charge in [0.05, 0.1) is 21.3 Å². The first-order valence-electron chi connectivity index (χ1n) is 9.00. The summed E-state index contributed by atoms with van der Waals surface area (Å²) in [5.41, 5.74) is 3.46. The van der Waals surface area contributed by atoms with Crippen molar-refractivity contribution in [3.05, 3.63) is 58.8 Å². The van der Waals surface area contributed by atoms with Crippen LogP contribution >= 0.6 is 0 Å². The van der Waals surface area contributed by atoms with E-state index in [4.69, 9.17) is 14.2 Å². The predicted molar refractivity (Wildman–Crippen MR) is 109 cm³/mol. The summed E-state index contributed by atoms with van der Waals surface area (Å²) in [4.78, 5) is 16.8. The number of nitrogens with one attached hydrogen (secondary N) is 1. The molecule has 6 nitrogen and oxygen atoms in total. The summed E-state index contributed by atoms with van der Waals surface area (Å²) in [5, 5.41) is 2.84. The minimum absolute atomic E-state index is 0.226. The van der Waals surface area contributed by atoms with Gasteiger partial charge in [0.1, 0.15) is 17.3 Å². The third-order valence-corrected chi connectivity index (χ3v) is 4.55. The molecule has 0 saturated carbocycles. The molecule has 1 amide bonds. The van der Waals surface area contributed by atoms with Crippen LogP contribution in [0.5, 0.6) is 17.2 Å². The number of amides is 1. The summed E-state index contributed by atoms with van der Waals surface area (Å²) in [6.07, 6.45) is 3.16. The van der Waals surface area contributed by atoms with E-state index < -0.39 is 0 Å². The Bertz CT molecular complexity index is 930. The highest BCUT2D eigenvalue weighted by atomic mass is 16.5. The van der Waals surface area contributed by atoms with Crippen LogP contribution in [0.25, 0.3) is 6.08 Å². The molecule has 0 bridgehead atoms. The zero-order chi connectivity index (χ0) is 20.1. The standard InChI is InChI=1S/C22H24N2O4/c1-14-5-7-15(8-6-14)9-10-21-23-17(22(25)24-21)11-16-12-19(27-3)20(28-4)13-18(16)26-2/h5-8,11-13H,9-10H2,1-4H3,(H,23,24,25)/b17-11-. The van der Waals surface area contributed by atoms with Gasteiger partial charge in [-0.1, -0.05) is 29.8 Å². The second-order valence-electron chi connectivity index (χ2n) is 6.48. The lowest BCUT2D eigenvalue weighted by Crippen LogP contribution is -2.24. The zero-order valence-electron chi connectivity index (χ0n) is 16.5. The molecule has 1 N–H and O–H groups in total. The van der Waals surface area contributed by atoms with Gasteiger partial charge in [-0.15, -0.1) is 0 Å². The van der Waals surface area contributed by atoms with E-state index in [-0.39, 0.29) is 5.91 Å². The molecule has 0 radical (unpaired) electrons. The van der Waals surface area contributed by atoms with E-state index in [0.29, 0.717) is 40.8 Å². The number of aryl methyl sites for hydroxylation is 2. The van der Waals surface area contributed by atoms with Gasteiger partial charge in [-0.3, -0.25) is 4.79 Å². The molecule has 0 saturated heterocycles. The first-order chi connectivity index (χ1) is 13.5. The van der Waals surface area contributed by atoms with E-state index in [2.05, 4.69) is 41.5 Å². The molecule has 28 heavy (non-hydrogen) atoms. The van der Waals surface area contributed by atoms with Gasteiger partial charge in [-0.25, -0.2) is 4.99 Å². The monoisotopic (exact) mass is 380 g/mol. The highest BCUT2D eigenvalue weighted by Gasteiger charge is 2.21. The highest BCUT2D eigenvalue weighted by Crippen LogP contribution is 2.36. The summed E-state index contributed by atoms with van der Waals surface area (Å²) in [7, 11) is 4.68. The van der Waals surface area contributed by atoms with Crippen molar-refractivity contribution in [2.45, 2.75) is 19.8 Å². The summed E-state index contributed by atoms with van der Waals surface area (Å²) in [6.45, 7) is 2.06. The summed E-state index contributed by atoms with van der Waals surface area (Å²) < 4.78 is 16.0. The molecule has 1 aliphatic heterocycles. The largest absolute Gasteiger partial charge is 0.496 e. The van der Waals surface area contributed by atoms with Gasteiger partial charge >= 0.3 is 0 Å². The Labute approximate surface area is 164 Å². The van der Waals surface area contributed by atoms with Crippen LogP contribution in [0.3, 0.4) is 0 Å². The Morgan fingerprint density at radius 1 is 0.929 bits per heavy atom. The summed E-state index contributed by atoms with van der Waals surface area (Å²) >= 11 is 0. The molecular formula is C22H24N2O4. The number of ether oxygens (including phenoxy) is 3. The van der Waals surface area contributed by atoms with Crippen molar-refractivity contribution in [3.8, 4) is 17.2 Å². The molecular weight excluding hydrogens is 356 g/mol. The molecule has 0 unspecified atom stereocenters. The molecule has 146 valence electrons. The Hall–Kier alpha value is -3.28. The number of carbonyl (C=O) groups excluding carboxylic acids is 1. The fourth-order valence-electron chi connectivity index (χ4n) is 2.97. The maximum Gasteiger partial charge on any atom is 0.275 e. The van der Waals surface area contributed by atoms with Crippen molar-refractivity contribution in [1.29, 1.82) is 0 Å². The van der Waals surface area contributed by atoms with Gasteiger partial charge in [0.2, 0.25) is 0 Å². The Morgan fingerprint density at radius 2 is 1.57 bits per heavy atom. The Balaban J connectivity index is 1.81. The maximum absolute atomic E-state index is 12.3. The highest BCUT2D eigenvalue weighted by molar-refractivity contribution is 6.14. The normalized spacial score (nSPS) is 14.6. The van der Waals surface area contributed by atoms with Crippen LogP contribution in [0.2, 0.25) is 0 Å². The molecule has 1 heterocycles. The van der Waals surface area contributed by atoms with Gasteiger partial charge in [-0.05, 0) is 31.1 Å². The Kier molecular flexibility index (Phi) is 5.99. The number of carbonyl (C=O) groups is 1. The quantitative estimate of drug-likeness (QED) is 0.746. The SMILES string of the molecule is COc1cc(OC)c(OC)cc1/C=C1\N=C(CCc2ccc(C)cc2)NC1=O. The van der Waals surface area contributed by atoms with E-state index in [0.717, 1.165) is 6.42 Å². The van der Waals surface area contributed by atoms with E-state index >= 15 is 0 Å². The van der Waals surface area contributed by atoms with Crippen LogP contribution in [-0.4, -0.2) is 33.1 Å². The molecule has 2 aromatic carbocycles. The van der Waals surface area contributed by atoms with Gasteiger partial charge in [0.25, 0.3) is 5.91 Å². The third kappa shape index (κ3) is 4.34. The van der Waals surface area contributed by atoms with E-state index in [1.807, 2.05) is 0 Å². The van der Waals surface area contributed by atoms with Crippen molar-refractivity contribution >= 4 is 17.8 Å². The summed E-state index contributed by atoms with van der Waals surface area (Å²) in [5.74, 6) is 2.12. The molecule has 2 aromatic rings. The first kappa shape index (κ1) is 19.5. The number of hydrogen-bond donors (Lipinski definition) is 1. The second kappa shape index (κ2) is 8.61. The van der Waals surface area contributed by atoms with Crippen molar-refractivity contribution < 1.29 is 19.0 Å². The van der Waals surface area contributed by atoms with Crippen molar-refractivity contribution in [2.24, 2.45) is 4.99 Å². The zero-order valence-corrected chi connectivity index (χ0v) is 16.5. The number of benzene rings is 2. The van der Waals surface area contributed by atoms with Gasteiger partial charge < -0.3 is 19.5 Å². The Morgan fingerprint density at radius 3 is 2.21 bits per heavy atom. The van der Waals surface area contributed by atoms with Crippen LogP contribution in [0.4, 0.5) is 0 Å². The molecule has 0 spiro atoms. The van der Waals surface area contributed by atoms with Crippen LogP contribution < -0.4 is 19.5 Å². The minimum Gasteiger partial charge on any atom is -0.496 e. The average Bonchev–Trinajstić information content (AvgIpc) is 3.06. The maximum atomic E-state index is 12.3. The molecule has 0 aromatic heterocycles. The van der Waals surface area contributed by atoms with Crippen LogP contribution in [0, 0.1) is 6.92 Å². The first-order valence-corrected chi connectivity index (χ1v) is 9.00. The fourth-order valence-corrected chi connectivity index (χ4v) is 2.97. The lowest BCUT2D eigenvalue weighted by atomic mass is 10.1. The smallest absolute Gasteiger partial charge is 0.275 e. The van der Waals surface area contributed by atoms with Crippen molar-refractivity contribution in [2.75, 3.05) is 21.3 Å². The molecule has 6 heteroatoms. The van der Waals surface area contributed by atoms with Crippen LogP contribution in [0.15, 0.2) is 47.1 Å². The topological polar surface area (TPSA) is 69.2 Å². The molecule has 0 aliphatic carbocycles. The predicted octanol–water partition coefficient (Wildman–Crippen LogP) is 3.52. The van der Waals surface area contributed by atoms with Crippen LogP contribution in [0.1, 0.15) is 23.1 Å². The van der Waals surface area contributed by atoms with Crippen molar-refractivity contribution in [1.82, 2.24) is 5.32 Å². The number of nitrogens with zero attached hydrogens (tertiary/aromatic N) is 1. The van der Waals surface area contributed by atoms with Gasteiger partial charge in [-0.2, -0.15) is 0 Å². The van der Waals surface area contributed by atoms with Crippen LogP contribution in [-0.2, 0) is 11.2 Å². The number of amidine groups is 1. The average molecular weight is 380 g/mol. The number of rotatable bonds is 7. The fraction of sp³-hybridized carbons (Fsp3) is 0.273. The number of hydrogen-bond acceptors (Lipinski definition) is 5. The van der Waals surface area contributed by atoms with E-state index in [1.54, 1.807) is 39.5 Å². The van der Waals surface area contributed by atoms with Crippen molar-refractivity contribution in [3.63, 3.8) is 0 Å². The number of aliphatic imine (C=N–C) groups is 1. The van der Waals surface area contributed by atoms with Gasteiger partial charge in [0, 0.05) is 18.1 Å². The minimum atomic E-state index is -0.226. The molecule has 1 aliphatic rings. The third-order valence-electron chi connectivity index (χ3n) is 4.55. The lowest BCUT2D eigenvalue weighted by Gasteiger charge is -2.12. The second-order valence-corrected chi connectivity index (χ2v) is 6.48. The number of methoxy groups -OCH3 is 3.